The fraction of sp³-hybridized carbons (Fsp3) is 0.364. The zero-order chi connectivity index (χ0) is 19.6. The first-order chi connectivity index (χ1) is 13.6. The van der Waals surface area contributed by atoms with Gasteiger partial charge in [-0.2, -0.15) is 0 Å². The van der Waals surface area contributed by atoms with E-state index in [-0.39, 0.29) is 24.0 Å². The Hall–Kier alpha value is -2.53. The highest BCUT2D eigenvalue weighted by Gasteiger charge is 2.40. The number of benzene rings is 2. The van der Waals surface area contributed by atoms with Gasteiger partial charge in [-0.25, -0.2) is 0 Å². The van der Waals surface area contributed by atoms with Crippen LogP contribution >= 0.6 is 11.6 Å². The maximum Gasteiger partial charge on any atom is 0.258 e. The van der Waals surface area contributed by atoms with Crippen molar-refractivity contribution in [3.8, 4) is 5.75 Å². The maximum atomic E-state index is 12.5. The van der Waals surface area contributed by atoms with Crippen LogP contribution in [0.25, 0.3) is 0 Å². The van der Waals surface area contributed by atoms with Crippen LogP contribution in [0.3, 0.4) is 0 Å². The van der Waals surface area contributed by atoms with Crippen LogP contribution in [-0.2, 0) is 15.1 Å². The lowest BCUT2D eigenvalue weighted by Crippen LogP contribution is -2.52. The van der Waals surface area contributed by atoms with E-state index in [0.717, 1.165) is 43.5 Å². The summed E-state index contributed by atoms with van der Waals surface area (Å²) in [6.45, 7) is 0.714. The molecule has 28 heavy (non-hydrogen) atoms. The van der Waals surface area contributed by atoms with Crippen LogP contribution in [0.5, 0.6) is 5.75 Å². The second-order valence-corrected chi connectivity index (χ2v) is 7.86. The number of carbonyl (C=O) groups is 2. The first-order valence-corrected chi connectivity index (χ1v) is 10.0. The summed E-state index contributed by atoms with van der Waals surface area (Å²) in [5.74, 6) is 0.620. The van der Waals surface area contributed by atoms with Crippen LogP contribution in [0.1, 0.15) is 37.7 Å². The van der Waals surface area contributed by atoms with Gasteiger partial charge in [0.1, 0.15) is 5.75 Å². The summed E-state index contributed by atoms with van der Waals surface area (Å²) in [4.78, 5) is 26.1. The van der Waals surface area contributed by atoms with Crippen LogP contribution in [0.15, 0.2) is 48.5 Å². The van der Waals surface area contributed by atoms with E-state index in [1.54, 1.807) is 17.0 Å². The van der Waals surface area contributed by atoms with Crippen molar-refractivity contribution in [2.75, 3.05) is 18.1 Å². The summed E-state index contributed by atoms with van der Waals surface area (Å²) in [6.07, 6.45) is 4.42. The second-order valence-electron chi connectivity index (χ2n) is 7.42. The second kappa shape index (κ2) is 7.84. The molecule has 6 heteroatoms. The largest absolute Gasteiger partial charge is 0.484 e. The minimum absolute atomic E-state index is 0.0443. The van der Waals surface area contributed by atoms with Crippen LogP contribution in [-0.4, -0.2) is 25.0 Å². The zero-order valence-corrected chi connectivity index (χ0v) is 16.4. The Morgan fingerprint density at radius 1 is 1.07 bits per heavy atom. The molecule has 1 saturated heterocycles. The molecule has 2 aromatic carbocycles. The van der Waals surface area contributed by atoms with Crippen molar-refractivity contribution in [2.45, 2.75) is 37.6 Å². The van der Waals surface area contributed by atoms with E-state index in [9.17, 15) is 9.59 Å². The Balaban J connectivity index is 1.34. The number of amides is 2. The molecule has 146 valence electrons. The minimum atomic E-state index is -0.314. The van der Waals surface area contributed by atoms with E-state index in [2.05, 4.69) is 5.32 Å². The van der Waals surface area contributed by atoms with Gasteiger partial charge in [0.25, 0.3) is 5.91 Å². The van der Waals surface area contributed by atoms with Crippen molar-refractivity contribution < 1.29 is 14.3 Å². The third-order valence-corrected chi connectivity index (χ3v) is 5.83. The van der Waals surface area contributed by atoms with Crippen LogP contribution in [0.2, 0.25) is 5.02 Å². The van der Waals surface area contributed by atoms with Gasteiger partial charge in [-0.1, -0.05) is 23.7 Å². The lowest BCUT2D eigenvalue weighted by molar-refractivity contribution is -0.126. The molecule has 0 atom stereocenters. The summed E-state index contributed by atoms with van der Waals surface area (Å²) in [5, 5.41) is 3.82. The van der Waals surface area contributed by atoms with E-state index in [4.69, 9.17) is 16.3 Å². The van der Waals surface area contributed by atoms with E-state index in [1.165, 1.54) is 0 Å². The van der Waals surface area contributed by atoms with Gasteiger partial charge in [-0.05, 0) is 67.6 Å². The molecule has 2 aromatic rings. The topological polar surface area (TPSA) is 58.6 Å². The molecule has 2 aliphatic rings. The molecule has 0 bridgehead atoms. The summed E-state index contributed by atoms with van der Waals surface area (Å²) >= 11 is 5.98. The first kappa shape index (κ1) is 18.8. The summed E-state index contributed by atoms with van der Waals surface area (Å²) < 4.78 is 5.65. The highest BCUT2D eigenvalue weighted by atomic mass is 35.5. The number of hydrogen-bond donors (Lipinski definition) is 1. The molecule has 0 unspecified atom stereocenters. The number of anilines is 1. The van der Waals surface area contributed by atoms with Crippen molar-refractivity contribution in [1.29, 1.82) is 0 Å². The number of rotatable bonds is 6. The molecule has 5 nitrogen and oxygen atoms in total. The number of nitrogens with zero attached hydrogens (tertiary/aromatic N) is 1. The van der Waals surface area contributed by atoms with Gasteiger partial charge in [-0.3, -0.25) is 9.59 Å². The lowest BCUT2D eigenvalue weighted by atomic mass is 9.72. The number of hydrogen-bond acceptors (Lipinski definition) is 3. The molecule has 1 saturated carbocycles. The normalized spacial score (nSPS) is 17.9. The average Bonchev–Trinajstić information content (AvgIpc) is 3.10. The van der Waals surface area contributed by atoms with Gasteiger partial charge >= 0.3 is 0 Å². The molecule has 4 rings (SSSR count). The predicted octanol–water partition coefficient (Wildman–Crippen LogP) is 4.04. The Kier molecular flexibility index (Phi) is 5.27. The van der Waals surface area contributed by atoms with Crippen molar-refractivity contribution in [3.63, 3.8) is 0 Å². The van der Waals surface area contributed by atoms with E-state index in [1.807, 2.05) is 36.4 Å². The summed E-state index contributed by atoms with van der Waals surface area (Å²) in [5.41, 5.74) is 1.64. The molecular formula is C22H23ClN2O3. The Morgan fingerprint density at radius 3 is 2.36 bits per heavy atom. The highest BCUT2D eigenvalue weighted by Crippen LogP contribution is 2.41. The minimum Gasteiger partial charge on any atom is -0.484 e. The van der Waals surface area contributed by atoms with Crippen LogP contribution in [0, 0.1) is 0 Å². The molecule has 0 radical (unpaired) electrons. The van der Waals surface area contributed by atoms with Crippen molar-refractivity contribution in [3.05, 3.63) is 59.1 Å². The molecule has 2 fully saturated rings. The standard InChI is InChI=1S/C22H23ClN2O3/c23-17-6-4-16(5-7-17)22(12-2-13-22)24-20(26)15-28-19-10-8-18(9-11-19)25-14-1-3-21(25)27/h4-11H,1-3,12-15H2,(H,24,26). The molecule has 1 aliphatic carbocycles. The van der Waals surface area contributed by atoms with Gasteiger partial charge in [-0.15, -0.1) is 0 Å². The summed E-state index contributed by atoms with van der Waals surface area (Å²) in [7, 11) is 0. The lowest BCUT2D eigenvalue weighted by Gasteiger charge is -2.43. The number of nitrogens with one attached hydrogen (secondary N) is 1. The zero-order valence-electron chi connectivity index (χ0n) is 15.6. The third-order valence-electron chi connectivity index (χ3n) is 5.57. The first-order valence-electron chi connectivity index (χ1n) is 9.66. The maximum absolute atomic E-state index is 12.5. The van der Waals surface area contributed by atoms with Gasteiger partial charge < -0.3 is 15.0 Å². The number of carbonyl (C=O) groups excluding carboxylic acids is 2. The molecule has 1 aliphatic heterocycles. The Morgan fingerprint density at radius 2 is 1.79 bits per heavy atom. The van der Waals surface area contributed by atoms with Gasteiger partial charge in [0.2, 0.25) is 5.91 Å². The SMILES string of the molecule is O=C(COc1ccc(N2CCCC2=O)cc1)NC1(c2ccc(Cl)cc2)CCC1. The van der Waals surface area contributed by atoms with Gasteiger partial charge in [0, 0.05) is 23.7 Å². The van der Waals surface area contributed by atoms with Gasteiger partial charge in [0.15, 0.2) is 6.61 Å². The Labute approximate surface area is 169 Å². The number of ether oxygens (including phenoxy) is 1. The quantitative estimate of drug-likeness (QED) is 0.798. The van der Waals surface area contributed by atoms with E-state index in [0.29, 0.717) is 17.2 Å². The molecule has 2 amide bonds. The highest BCUT2D eigenvalue weighted by molar-refractivity contribution is 6.30. The van der Waals surface area contributed by atoms with Crippen molar-refractivity contribution in [1.82, 2.24) is 5.32 Å². The predicted molar refractivity (Wildman–Crippen MR) is 109 cm³/mol. The number of halogens is 1. The summed E-state index contributed by atoms with van der Waals surface area (Å²) in [6, 6.07) is 15.0. The van der Waals surface area contributed by atoms with Crippen molar-refractivity contribution in [2.24, 2.45) is 0 Å². The van der Waals surface area contributed by atoms with Crippen LogP contribution < -0.4 is 15.0 Å². The molecule has 0 aromatic heterocycles. The van der Waals surface area contributed by atoms with E-state index < -0.39 is 0 Å². The Bertz CT molecular complexity index is 860. The smallest absolute Gasteiger partial charge is 0.258 e. The monoisotopic (exact) mass is 398 g/mol. The fourth-order valence-corrected chi connectivity index (χ4v) is 4.01. The molecule has 1 heterocycles. The van der Waals surface area contributed by atoms with Crippen molar-refractivity contribution >= 4 is 29.1 Å². The van der Waals surface area contributed by atoms with Gasteiger partial charge in [0.05, 0.1) is 5.54 Å². The third kappa shape index (κ3) is 3.85. The molecule has 1 N–H and O–H groups in total. The van der Waals surface area contributed by atoms with E-state index >= 15 is 0 Å². The molecular weight excluding hydrogens is 376 g/mol. The average molecular weight is 399 g/mol. The fourth-order valence-electron chi connectivity index (χ4n) is 3.88. The molecule has 0 spiro atoms. The van der Waals surface area contributed by atoms with Crippen LogP contribution in [0.4, 0.5) is 5.69 Å².